The molecule has 3 aromatic rings. The molecule has 0 aliphatic carbocycles. The van der Waals surface area contributed by atoms with Crippen LogP contribution in [0, 0.1) is 11.6 Å². The highest BCUT2D eigenvalue weighted by Gasteiger charge is 2.10. The second-order valence-corrected chi connectivity index (χ2v) is 6.21. The molecule has 150 valence electrons. The molecular formula is C21H21F2N5O. The Hall–Kier alpha value is -3.55. The van der Waals surface area contributed by atoms with Crippen molar-refractivity contribution in [3.05, 3.63) is 72.2 Å². The number of carbonyl (C=O) groups excluding carboxylic acids is 1. The van der Waals surface area contributed by atoms with E-state index < -0.39 is 17.5 Å². The largest absolute Gasteiger partial charge is 0.372 e. The summed E-state index contributed by atoms with van der Waals surface area (Å²) in [6.45, 7) is 5.97. The van der Waals surface area contributed by atoms with E-state index in [0.717, 1.165) is 30.9 Å². The first-order valence-corrected chi connectivity index (χ1v) is 9.20. The fraction of sp³-hybridized carbons (Fsp3) is 0.190. The zero-order valence-corrected chi connectivity index (χ0v) is 16.1. The van der Waals surface area contributed by atoms with Crippen molar-refractivity contribution >= 4 is 28.8 Å². The number of carbonyl (C=O) groups is 1. The molecule has 0 aliphatic rings. The average Bonchev–Trinajstić information content (AvgIpc) is 2.73. The lowest BCUT2D eigenvalue weighted by Gasteiger charge is -2.21. The highest BCUT2D eigenvalue weighted by Crippen LogP contribution is 2.20. The van der Waals surface area contributed by atoms with Gasteiger partial charge in [-0.15, -0.1) is 0 Å². The Kier molecular flexibility index (Phi) is 6.33. The molecule has 0 bridgehead atoms. The second-order valence-electron chi connectivity index (χ2n) is 6.21. The van der Waals surface area contributed by atoms with Gasteiger partial charge >= 0.3 is 0 Å². The molecule has 0 saturated heterocycles. The van der Waals surface area contributed by atoms with Crippen LogP contribution < -0.4 is 15.5 Å². The molecule has 0 aliphatic heterocycles. The molecule has 0 atom stereocenters. The van der Waals surface area contributed by atoms with Crippen LogP contribution >= 0.6 is 0 Å². The van der Waals surface area contributed by atoms with Crippen molar-refractivity contribution < 1.29 is 13.6 Å². The van der Waals surface area contributed by atoms with E-state index in [2.05, 4.69) is 39.3 Å². The fourth-order valence-electron chi connectivity index (χ4n) is 2.78. The number of nitrogens with zero attached hydrogens (tertiary/aromatic N) is 3. The highest BCUT2D eigenvalue weighted by atomic mass is 19.1. The van der Waals surface area contributed by atoms with Crippen molar-refractivity contribution in [2.24, 2.45) is 0 Å². The number of nitrogens with one attached hydrogen (secondary N) is 2. The maximum absolute atomic E-state index is 13.7. The summed E-state index contributed by atoms with van der Waals surface area (Å²) < 4.78 is 26.7. The lowest BCUT2D eigenvalue weighted by molar-refractivity contribution is 0.102. The number of halogens is 2. The summed E-state index contributed by atoms with van der Waals surface area (Å²) in [7, 11) is 0. The van der Waals surface area contributed by atoms with Crippen LogP contribution in [0.2, 0.25) is 0 Å². The quantitative estimate of drug-likeness (QED) is 0.610. The predicted octanol–water partition coefficient (Wildman–Crippen LogP) is 4.60. The van der Waals surface area contributed by atoms with Crippen LogP contribution in [-0.2, 0) is 0 Å². The number of benzene rings is 2. The summed E-state index contributed by atoms with van der Waals surface area (Å²) in [5, 5.41) is 5.45. The van der Waals surface area contributed by atoms with Gasteiger partial charge in [0.25, 0.3) is 5.91 Å². The van der Waals surface area contributed by atoms with Gasteiger partial charge in [0.05, 0.1) is 18.1 Å². The molecule has 1 aromatic heterocycles. The SMILES string of the molecule is CCN(CC)c1ccc(NC(=O)c2cnc(Nc3ccc(F)cc3F)cn2)cc1. The third-order valence-corrected chi connectivity index (χ3v) is 4.33. The summed E-state index contributed by atoms with van der Waals surface area (Å²) in [5.74, 6) is -1.60. The van der Waals surface area contributed by atoms with Gasteiger partial charge in [0.15, 0.2) is 0 Å². The summed E-state index contributed by atoms with van der Waals surface area (Å²) in [4.78, 5) is 22.7. The molecule has 1 amide bonds. The Morgan fingerprint density at radius 3 is 2.31 bits per heavy atom. The van der Waals surface area contributed by atoms with Crippen molar-refractivity contribution in [3.63, 3.8) is 0 Å². The maximum Gasteiger partial charge on any atom is 0.275 e. The van der Waals surface area contributed by atoms with Crippen molar-refractivity contribution in [3.8, 4) is 0 Å². The smallest absolute Gasteiger partial charge is 0.275 e. The Morgan fingerprint density at radius 2 is 1.72 bits per heavy atom. The molecule has 0 spiro atoms. The Balaban J connectivity index is 1.64. The lowest BCUT2D eigenvalue weighted by Crippen LogP contribution is -2.21. The highest BCUT2D eigenvalue weighted by molar-refractivity contribution is 6.02. The molecular weight excluding hydrogens is 376 g/mol. The lowest BCUT2D eigenvalue weighted by atomic mass is 10.2. The third kappa shape index (κ3) is 5.04. The van der Waals surface area contributed by atoms with E-state index in [9.17, 15) is 13.6 Å². The minimum Gasteiger partial charge on any atom is -0.372 e. The molecule has 3 rings (SSSR count). The first-order chi connectivity index (χ1) is 14.0. The van der Waals surface area contributed by atoms with Gasteiger partial charge in [0.2, 0.25) is 0 Å². The standard InChI is InChI=1S/C21H21F2N5O/c1-3-28(4-2)16-8-6-15(7-9-16)26-21(29)19-12-25-20(13-24-19)27-18-10-5-14(22)11-17(18)23/h5-13H,3-4H2,1-2H3,(H,25,27)(H,26,29). The van der Waals surface area contributed by atoms with Gasteiger partial charge in [-0.3, -0.25) is 4.79 Å². The number of aromatic nitrogens is 2. The van der Waals surface area contributed by atoms with Crippen molar-refractivity contribution in [1.29, 1.82) is 0 Å². The van der Waals surface area contributed by atoms with Crippen LogP contribution in [0.5, 0.6) is 0 Å². The van der Waals surface area contributed by atoms with Crippen LogP contribution in [0.1, 0.15) is 24.3 Å². The molecule has 2 N–H and O–H groups in total. The number of hydrogen-bond acceptors (Lipinski definition) is 5. The molecule has 0 saturated carbocycles. The van der Waals surface area contributed by atoms with Crippen LogP contribution in [0.4, 0.5) is 31.7 Å². The van der Waals surface area contributed by atoms with E-state index >= 15 is 0 Å². The zero-order valence-electron chi connectivity index (χ0n) is 16.1. The van der Waals surface area contributed by atoms with E-state index in [1.54, 1.807) is 0 Å². The number of rotatable bonds is 7. The monoisotopic (exact) mass is 397 g/mol. The molecule has 0 radical (unpaired) electrons. The van der Waals surface area contributed by atoms with Crippen LogP contribution in [-0.4, -0.2) is 29.0 Å². The molecule has 6 nitrogen and oxygen atoms in total. The molecule has 8 heteroatoms. The van der Waals surface area contributed by atoms with E-state index in [0.29, 0.717) is 5.69 Å². The number of amides is 1. The number of hydrogen-bond donors (Lipinski definition) is 2. The molecule has 1 heterocycles. The van der Waals surface area contributed by atoms with E-state index in [1.807, 2.05) is 24.3 Å². The summed E-state index contributed by atoms with van der Waals surface area (Å²) in [6.07, 6.45) is 2.59. The van der Waals surface area contributed by atoms with Gasteiger partial charge in [-0.05, 0) is 50.2 Å². The van der Waals surface area contributed by atoms with E-state index in [4.69, 9.17) is 0 Å². The first-order valence-electron chi connectivity index (χ1n) is 9.20. The molecule has 29 heavy (non-hydrogen) atoms. The third-order valence-electron chi connectivity index (χ3n) is 4.33. The predicted molar refractivity (Wildman–Crippen MR) is 110 cm³/mol. The topological polar surface area (TPSA) is 70.2 Å². The Bertz CT molecular complexity index is 973. The van der Waals surface area contributed by atoms with Gasteiger partial charge in [-0.25, -0.2) is 18.7 Å². The van der Waals surface area contributed by atoms with Crippen LogP contribution in [0.15, 0.2) is 54.9 Å². The van der Waals surface area contributed by atoms with E-state index in [1.165, 1.54) is 18.5 Å². The average molecular weight is 397 g/mol. The maximum atomic E-state index is 13.7. The minimum atomic E-state index is -0.748. The van der Waals surface area contributed by atoms with Gasteiger partial charge < -0.3 is 15.5 Å². The summed E-state index contributed by atoms with van der Waals surface area (Å²) in [5.41, 5.74) is 1.90. The van der Waals surface area contributed by atoms with Gasteiger partial charge in [0, 0.05) is 30.5 Å². The van der Waals surface area contributed by atoms with Gasteiger partial charge in [0.1, 0.15) is 23.1 Å². The molecule has 2 aromatic carbocycles. The summed E-state index contributed by atoms with van der Waals surface area (Å²) >= 11 is 0. The van der Waals surface area contributed by atoms with Gasteiger partial charge in [-0.2, -0.15) is 0 Å². The van der Waals surface area contributed by atoms with Crippen LogP contribution in [0.25, 0.3) is 0 Å². The van der Waals surface area contributed by atoms with Crippen molar-refractivity contribution in [2.45, 2.75) is 13.8 Å². The van der Waals surface area contributed by atoms with Gasteiger partial charge in [-0.1, -0.05) is 0 Å². The molecule has 0 fully saturated rings. The summed E-state index contributed by atoms with van der Waals surface area (Å²) in [6, 6.07) is 10.7. The fourth-order valence-corrected chi connectivity index (χ4v) is 2.78. The van der Waals surface area contributed by atoms with E-state index in [-0.39, 0.29) is 17.2 Å². The van der Waals surface area contributed by atoms with Crippen molar-refractivity contribution in [2.75, 3.05) is 28.6 Å². The van der Waals surface area contributed by atoms with Crippen LogP contribution in [0.3, 0.4) is 0 Å². The number of anilines is 4. The Labute approximate surface area is 167 Å². The second kappa shape index (κ2) is 9.09. The normalized spacial score (nSPS) is 10.5. The van der Waals surface area contributed by atoms with Crippen molar-refractivity contribution in [1.82, 2.24) is 9.97 Å². The molecule has 0 unspecified atom stereocenters. The first kappa shape index (κ1) is 20.2. The zero-order chi connectivity index (χ0) is 20.8. The minimum absolute atomic E-state index is 0.0613. The Morgan fingerprint density at radius 1 is 1.00 bits per heavy atom.